The molecule has 8 heteroatoms. The average Bonchev–Trinajstić information content (AvgIpc) is 2.85. The van der Waals surface area contributed by atoms with Gasteiger partial charge in [0.1, 0.15) is 5.82 Å². The van der Waals surface area contributed by atoms with Crippen molar-refractivity contribution in [3.63, 3.8) is 0 Å². The molecule has 8 nitrogen and oxygen atoms in total. The van der Waals surface area contributed by atoms with Gasteiger partial charge in [0.25, 0.3) is 0 Å². The SMILES string of the molecule is Cc1c(C#N)cccc1[C@@H](C)Nc1nnc(C)c2cnc(N3CCN4CCOCC4C3)cc12. The minimum atomic E-state index is -0.0296. The number of anilines is 2. The maximum absolute atomic E-state index is 9.40. The van der Waals surface area contributed by atoms with E-state index >= 15 is 0 Å². The van der Waals surface area contributed by atoms with E-state index in [2.05, 4.69) is 50.4 Å². The molecule has 2 aromatic heterocycles. The number of rotatable bonds is 4. The van der Waals surface area contributed by atoms with Crippen molar-refractivity contribution in [2.24, 2.45) is 0 Å². The van der Waals surface area contributed by atoms with Crippen LogP contribution in [0.4, 0.5) is 11.6 Å². The molecule has 0 spiro atoms. The number of fused-ring (bicyclic) bond motifs is 2. The second-order valence-electron chi connectivity index (χ2n) is 8.93. The maximum Gasteiger partial charge on any atom is 0.157 e. The Balaban J connectivity index is 1.46. The summed E-state index contributed by atoms with van der Waals surface area (Å²) in [4.78, 5) is 9.64. The van der Waals surface area contributed by atoms with Crippen molar-refractivity contribution in [3.05, 3.63) is 52.8 Å². The zero-order valence-corrected chi connectivity index (χ0v) is 19.4. The number of pyridine rings is 1. The molecule has 5 rings (SSSR count). The average molecular weight is 444 g/mol. The number of benzene rings is 1. The minimum Gasteiger partial charge on any atom is -0.378 e. The van der Waals surface area contributed by atoms with Crippen molar-refractivity contribution in [2.75, 3.05) is 49.6 Å². The highest BCUT2D eigenvalue weighted by Crippen LogP contribution is 2.30. The molecule has 0 aliphatic carbocycles. The lowest BCUT2D eigenvalue weighted by Gasteiger charge is -2.44. The molecule has 0 radical (unpaired) electrons. The molecule has 2 aliphatic rings. The normalized spacial score (nSPS) is 19.7. The second kappa shape index (κ2) is 8.93. The van der Waals surface area contributed by atoms with Crippen molar-refractivity contribution in [3.8, 4) is 6.07 Å². The third-order valence-electron chi connectivity index (χ3n) is 6.91. The number of nitrogens with one attached hydrogen (secondary N) is 1. The van der Waals surface area contributed by atoms with Gasteiger partial charge in [-0.25, -0.2) is 4.98 Å². The molecule has 4 heterocycles. The molecule has 2 atom stereocenters. The quantitative estimate of drug-likeness (QED) is 0.657. The van der Waals surface area contributed by atoms with Gasteiger partial charge in [-0.05, 0) is 44.0 Å². The van der Waals surface area contributed by atoms with Gasteiger partial charge in [-0.2, -0.15) is 10.4 Å². The van der Waals surface area contributed by atoms with Gasteiger partial charge >= 0.3 is 0 Å². The van der Waals surface area contributed by atoms with E-state index < -0.39 is 0 Å². The molecular formula is C25H29N7O. The first-order valence-corrected chi connectivity index (χ1v) is 11.5. The van der Waals surface area contributed by atoms with Gasteiger partial charge in [0.15, 0.2) is 5.82 Å². The number of morpholine rings is 1. The van der Waals surface area contributed by atoms with Crippen molar-refractivity contribution in [2.45, 2.75) is 32.9 Å². The van der Waals surface area contributed by atoms with E-state index in [1.807, 2.05) is 32.2 Å². The standard InChI is InChI=1S/C25H29N7O/c1-16-19(12-26)5-4-6-21(16)17(2)28-25-22-11-24(27-13-23(22)18(3)29-30-25)32-8-7-31-9-10-33-15-20(31)14-32/h4-6,11,13,17,20H,7-10,14-15H2,1-3H3,(H,28,30)/t17-,20?/m1/s1. The van der Waals surface area contributed by atoms with Crippen molar-refractivity contribution < 1.29 is 4.74 Å². The largest absolute Gasteiger partial charge is 0.378 e. The van der Waals surface area contributed by atoms with Gasteiger partial charge in [0.2, 0.25) is 0 Å². The number of nitriles is 1. The van der Waals surface area contributed by atoms with Crippen LogP contribution in [0.25, 0.3) is 10.8 Å². The lowest BCUT2D eigenvalue weighted by molar-refractivity contribution is -0.0117. The van der Waals surface area contributed by atoms with Gasteiger partial charge in [-0.1, -0.05) is 12.1 Å². The summed E-state index contributed by atoms with van der Waals surface area (Å²) in [6, 6.07) is 10.6. The summed E-state index contributed by atoms with van der Waals surface area (Å²) in [5.41, 5.74) is 3.61. The molecule has 2 fully saturated rings. The Hall–Kier alpha value is -3.28. The fourth-order valence-electron chi connectivity index (χ4n) is 4.92. The van der Waals surface area contributed by atoms with E-state index in [4.69, 9.17) is 9.72 Å². The van der Waals surface area contributed by atoms with Gasteiger partial charge in [-0.3, -0.25) is 4.90 Å². The van der Waals surface area contributed by atoms with E-state index in [1.54, 1.807) is 0 Å². The first-order valence-electron chi connectivity index (χ1n) is 11.5. The van der Waals surface area contributed by atoms with E-state index in [1.165, 1.54) is 0 Å². The highest BCUT2D eigenvalue weighted by molar-refractivity contribution is 5.94. The smallest absolute Gasteiger partial charge is 0.157 e. The summed E-state index contributed by atoms with van der Waals surface area (Å²) in [7, 11) is 0. The first kappa shape index (κ1) is 21.6. The molecule has 0 saturated carbocycles. The summed E-state index contributed by atoms with van der Waals surface area (Å²) < 4.78 is 5.70. The molecule has 2 aliphatic heterocycles. The number of piperazine rings is 1. The number of nitrogens with zero attached hydrogens (tertiary/aromatic N) is 6. The lowest BCUT2D eigenvalue weighted by atomic mass is 9.98. The minimum absolute atomic E-state index is 0.0296. The second-order valence-corrected chi connectivity index (χ2v) is 8.93. The molecule has 2 saturated heterocycles. The molecular weight excluding hydrogens is 414 g/mol. The summed E-state index contributed by atoms with van der Waals surface area (Å²) in [6.45, 7) is 11.5. The highest BCUT2D eigenvalue weighted by atomic mass is 16.5. The van der Waals surface area contributed by atoms with Crippen molar-refractivity contribution >= 4 is 22.4 Å². The predicted octanol–water partition coefficient (Wildman–Crippen LogP) is 3.21. The van der Waals surface area contributed by atoms with Crippen LogP contribution in [0.2, 0.25) is 0 Å². The van der Waals surface area contributed by atoms with E-state index in [0.29, 0.717) is 11.6 Å². The summed E-state index contributed by atoms with van der Waals surface area (Å²) in [5, 5.41) is 23.8. The van der Waals surface area contributed by atoms with Crippen LogP contribution >= 0.6 is 0 Å². The van der Waals surface area contributed by atoms with Crippen LogP contribution in [0.5, 0.6) is 0 Å². The third-order valence-corrected chi connectivity index (χ3v) is 6.91. The maximum atomic E-state index is 9.40. The number of ether oxygens (including phenoxy) is 1. The Morgan fingerprint density at radius 1 is 1.18 bits per heavy atom. The molecule has 0 bridgehead atoms. The Bertz CT molecular complexity index is 1220. The van der Waals surface area contributed by atoms with Gasteiger partial charge < -0.3 is 15.0 Å². The molecule has 33 heavy (non-hydrogen) atoms. The number of hydrogen-bond acceptors (Lipinski definition) is 8. The van der Waals surface area contributed by atoms with Crippen LogP contribution in [-0.2, 0) is 4.74 Å². The van der Waals surface area contributed by atoms with Crippen LogP contribution in [0.1, 0.15) is 35.3 Å². The van der Waals surface area contributed by atoms with E-state index in [-0.39, 0.29) is 6.04 Å². The van der Waals surface area contributed by atoms with Crippen LogP contribution < -0.4 is 10.2 Å². The molecule has 1 aromatic carbocycles. The predicted molar refractivity (Wildman–Crippen MR) is 128 cm³/mol. The van der Waals surface area contributed by atoms with Crippen LogP contribution in [0, 0.1) is 25.2 Å². The fourth-order valence-corrected chi connectivity index (χ4v) is 4.92. The van der Waals surface area contributed by atoms with Crippen molar-refractivity contribution in [1.29, 1.82) is 5.26 Å². The van der Waals surface area contributed by atoms with Crippen LogP contribution in [-0.4, -0.2) is 65.5 Å². The summed E-state index contributed by atoms with van der Waals surface area (Å²) in [5.74, 6) is 1.69. The Morgan fingerprint density at radius 3 is 2.91 bits per heavy atom. The van der Waals surface area contributed by atoms with Gasteiger partial charge in [-0.15, -0.1) is 5.10 Å². The molecule has 1 unspecified atom stereocenters. The number of aromatic nitrogens is 3. The molecule has 3 aromatic rings. The highest BCUT2D eigenvalue weighted by Gasteiger charge is 2.30. The van der Waals surface area contributed by atoms with Crippen molar-refractivity contribution in [1.82, 2.24) is 20.1 Å². The topological polar surface area (TPSA) is 90.2 Å². The lowest BCUT2D eigenvalue weighted by Crippen LogP contribution is -2.58. The Kier molecular flexibility index (Phi) is 5.83. The van der Waals surface area contributed by atoms with Crippen LogP contribution in [0.3, 0.4) is 0 Å². The van der Waals surface area contributed by atoms with Gasteiger partial charge in [0.05, 0.1) is 42.6 Å². The monoisotopic (exact) mass is 443 g/mol. The summed E-state index contributed by atoms with van der Waals surface area (Å²) in [6.07, 6.45) is 1.91. The zero-order valence-electron chi connectivity index (χ0n) is 19.4. The van der Waals surface area contributed by atoms with Crippen LogP contribution in [0.15, 0.2) is 30.5 Å². The number of aryl methyl sites for hydroxylation is 1. The fraction of sp³-hybridized carbons (Fsp3) is 0.440. The van der Waals surface area contributed by atoms with E-state index in [9.17, 15) is 5.26 Å². The molecule has 1 N–H and O–H groups in total. The third kappa shape index (κ3) is 4.10. The molecule has 170 valence electrons. The van der Waals surface area contributed by atoms with E-state index in [0.717, 1.165) is 78.6 Å². The first-order chi connectivity index (χ1) is 16.0. The Morgan fingerprint density at radius 2 is 2.06 bits per heavy atom. The summed E-state index contributed by atoms with van der Waals surface area (Å²) >= 11 is 0. The van der Waals surface area contributed by atoms with Gasteiger partial charge in [0, 0.05) is 43.1 Å². The number of hydrogen-bond donors (Lipinski definition) is 1. The molecule has 0 amide bonds. The Labute approximate surface area is 194 Å². The zero-order chi connectivity index (χ0) is 22.9.